The van der Waals surface area contributed by atoms with Crippen LogP contribution >= 0.6 is 0 Å². The van der Waals surface area contributed by atoms with Gasteiger partial charge >= 0.3 is 0 Å². The fraction of sp³-hybridized carbons (Fsp3) is 0.391. The van der Waals surface area contributed by atoms with Crippen LogP contribution in [-0.2, 0) is 9.53 Å². The van der Waals surface area contributed by atoms with E-state index in [0.717, 1.165) is 4.90 Å². The molecule has 0 aliphatic carbocycles. The summed E-state index contributed by atoms with van der Waals surface area (Å²) in [5, 5.41) is 32.3. The van der Waals surface area contributed by atoms with E-state index in [0.29, 0.717) is 0 Å². The molecule has 5 rings (SSSR count). The molecule has 14 nitrogen and oxygen atoms in total. The molecule has 0 radical (unpaired) electrons. The van der Waals surface area contributed by atoms with Crippen molar-refractivity contribution in [3.63, 3.8) is 0 Å². The first-order chi connectivity index (χ1) is 17.6. The molecule has 1 aromatic carbocycles. The summed E-state index contributed by atoms with van der Waals surface area (Å²) in [4.78, 5) is 63.4. The Morgan fingerprint density at radius 1 is 1.14 bits per heavy atom. The SMILES string of the molecule is CC(C)[C@H](C(=O)Nc1nc2c(ncn2[C@@H]2O[C@H](CO)[C@@H](O)[C@@H]2O)c(=O)[nH]1)N1C(=O)c2ccccc2C1=O. The molecule has 2 aliphatic heterocycles. The molecule has 2 aromatic heterocycles. The molecule has 2 aliphatic rings. The van der Waals surface area contributed by atoms with Crippen LogP contribution in [0, 0.1) is 5.92 Å². The van der Waals surface area contributed by atoms with Crippen LogP contribution in [-0.4, -0.2) is 88.4 Å². The van der Waals surface area contributed by atoms with Crippen LogP contribution in [0.15, 0.2) is 35.4 Å². The maximum atomic E-state index is 13.3. The maximum absolute atomic E-state index is 13.3. The number of hydrogen-bond donors (Lipinski definition) is 5. The van der Waals surface area contributed by atoms with Crippen LogP contribution in [0.4, 0.5) is 5.95 Å². The second kappa shape index (κ2) is 9.15. The summed E-state index contributed by atoms with van der Waals surface area (Å²) in [6, 6.07) is 5.06. The van der Waals surface area contributed by atoms with Gasteiger partial charge in [0.15, 0.2) is 17.4 Å². The lowest BCUT2D eigenvalue weighted by molar-refractivity contribution is -0.121. The molecule has 5 N–H and O–H groups in total. The number of aromatic nitrogens is 4. The van der Waals surface area contributed by atoms with Crippen molar-refractivity contribution in [1.82, 2.24) is 24.4 Å². The van der Waals surface area contributed by atoms with Crippen LogP contribution in [0.5, 0.6) is 0 Å². The van der Waals surface area contributed by atoms with Crippen LogP contribution in [0.25, 0.3) is 11.2 Å². The van der Waals surface area contributed by atoms with Crippen molar-refractivity contribution < 1.29 is 34.4 Å². The van der Waals surface area contributed by atoms with Gasteiger partial charge in [0.2, 0.25) is 11.9 Å². The third kappa shape index (κ3) is 3.90. The molecule has 37 heavy (non-hydrogen) atoms. The normalized spacial score (nSPS) is 24.2. The Bertz CT molecular complexity index is 1430. The molecule has 4 heterocycles. The Balaban J connectivity index is 1.46. The number of benzene rings is 1. The first-order valence-electron chi connectivity index (χ1n) is 11.5. The summed E-state index contributed by atoms with van der Waals surface area (Å²) in [7, 11) is 0. The number of carbonyl (C=O) groups excluding carboxylic acids is 3. The molecule has 3 amide bonds. The van der Waals surface area contributed by atoms with Crippen molar-refractivity contribution in [2.75, 3.05) is 11.9 Å². The molecule has 194 valence electrons. The Labute approximate surface area is 208 Å². The first-order valence-corrected chi connectivity index (χ1v) is 11.5. The number of amides is 3. The number of carbonyl (C=O) groups is 3. The number of imide groups is 1. The van der Waals surface area contributed by atoms with Gasteiger partial charge in [-0.25, -0.2) is 4.98 Å². The Morgan fingerprint density at radius 3 is 2.35 bits per heavy atom. The maximum Gasteiger partial charge on any atom is 0.280 e. The van der Waals surface area contributed by atoms with Crippen molar-refractivity contribution in [1.29, 1.82) is 0 Å². The summed E-state index contributed by atoms with van der Waals surface area (Å²) in [5.74, 6) is -2.74. The number of hydrogen-bond acceptors (Lipinski definition) is 10. The van der Waals surface area contributed by atoms with E-state index in [-0.39, 0.29) is 28.2 Å². The van der Waals surface area contributed by atoms with Gasteiger partial charge in [0.05, 0.1) is 24.1 Å². The highest BCUT2D eigenvalue weighted by Gasteiger charge is 2.45. The van der Waals surface area contributed by atoms with E-state index in [9.17, 15) is 34.5 Å². The lowest BCUT2D eigenvalue weighted by atomic mass is 10.0. The van der Waals surface area contributed by atoms with Gasteiger partial charge < -0.3 is 20.1 Å². The Morgan fingerprint density at radius 2 is 1.78 bits per heavy atom. The number of ether oxygens (including phenoxy) is 1. The second-order valence-corrected chi connectivity index (χ2v) is 9.17. The lowest BCUT2D eigenvalue weighted by Crippen LogP contribution is -2.50. The number of anilines is 1. The predicted molar refractivity (Wildman–Crippen MR) is 125 cm³/mol. The van der Waals surface area contributed by atoms with E-state index < -0.39 is 66.4 Å². The highest BCUT2D eigenvalue weighted by atomic mass is 16.6. The topological polar surface area (TPSA) is 200 Å². The minimum absolute atomic E-state index is 0.0734. The monoisotopic (exact) mass is 512 g/mol. The van der Waals surface area contributed by atoms with Crippen molar-refractivity contribution in [2.45, 2.75) is 44.4 Å². The van der Waals surface area contributed by atoms with Gasteiger partial charge in [-0.1, -0.05) is 26.0 Å². The third-order valence-corrected chi connectivity index (χ3v) is 6.47. The van der Waals surface area contributed by atoms with Crippen molar-refractivity contribution in [3.05, 3.63) is 52.1 Å². The zero-order valence-electron chi connectivity index (χ0n) is 19.7. The summed E-state index contributed by atoms with van der Waals surface area (Å²) < 4.78 is 6.69. The van der Waals surface area contributed by atoms with Gasteiger partial charge in [0, 0.05) is 0 Å². The van der Waals surface area contributed by atoms with Gasteiger partial charge in [0.1, 0.15) is 24.4 Å². The number of aliphatic hydroxyl groups excluding tert-OH is 3. The predicted octanol–water partition coefficient (Wildman–Crippen LogP) is -1.01. The lowest BCUT2D eigenvalue weighted by Gasteiger charge is -2.28. The molecular weight excluding hydrogens is 488 g/mol. The summed E-state index contributed by atoms with van der Waals surface area (Å²) >= 11 is 0. The van der Waals surface area contributed by atoms with E-state index >= 15 is 0 Å². The molecule has 1 saturated heterocycles. The fourth-order valence-electron chi connectivity index (χ4n) is 4.65. The number of nitrogens with zero attached hydrogens (tertiary/aromatic N) is 4. The molecule has 0 bridgehead atoms. The molecule has 3 aromatic rings. The number of nitrogens with one attached hydrogen (secondary N) is 2. The highest BCUT2D eigenvalue weighted by Crippen LogP contribution is 2.31. The second-order valence-electron chi connectivity index (χ2n) is 9.17. The van der Waals surface area contributed by atoms with E-state index in [1.54, 1.807) is 26.0 Å². The summed E-state index contributed by atoms with van der Waals surface area (Å²) in [5.41, 5.74) is -0.526. The molecule has 0 unspecified atom stereocenters. The van der Waals surface area contributed by atoms with Crippen LogP contribution in [0.1, 0.15) is 40.8 Å². The number of H-pyrrole nitrogens is 1. The fourth-order valence-corrected chi connectivity index (χ4v) is 4.65. The number of aromatic amines is 1. The van der Waals surface area contributed by atoms with Crippen LogP contribution < -0.4 is 10.9 Å². The van der Waals surface area contributed by atoms with Gasteiger partial charge in [-0.2, -0.15) is 4.98 Å². The summed E-state index contributed by atoms with van der Waals surface area (Å²) in [6.45, 7) is 2.79. The van der Waals surface area contributed by atoms with Gasteiger partial charge in [0.25, 0.3) is 17.4 Å². The van der Waals surface area contributed by atoms with Crippen molar-refractivity contribution in [2.24, 2.45) is 5.92 Å². The van der Waals surface area contributed by atoms with Crippen LogP contribution in [0.3, 0.4) is 0 Å². The smallest absolute Gasteiger partial charge is 0.280 e. The average Bonchev–Trinajstić information content (AvgIpc) is 3.49. The third-order valence-electron chi connectivity index (χ3n) is 6.47. The quantitative estimate of drug-likeness (QED) is 0.255. The van der Waals surface area contributed by atoms with E-state index in [1.165, 1.54) is 23.0 Å². The van der Waals surface area contributed by atoms with E-state index in [1.807, 2.05) is 0 Å². The molecule has 0 saturated carbocycles. The number of aliphatic hydroxyl groups is 3. The van der Waals surface area contributed by atoms with Gasteiger partial charge in [-0.15, -0.1) is 0 Å². The van der Waals surface area contributed by atoms with E-state index in [2.05, 4.69) is 20.3 Å². The first kappa shape index (κ1) is 24.7. The average molecular weight is 512 g/mol. The van der Waals surface area contributed by atoms with Crippen molar-refractivity contribution >= 4 is 34.8 Å². The highest BCUT2D eigenvalue weighted by molar-refractivity contribution is 6.23. The zero-order valence-corrected chi connectivity index (χ0v) is 19.7. The largest absolute Gasteiger partial charge is 0.394 e. The van der Waals surface area contributed by atoms with Gasteiger partial charge in [-0.05, 0) is 18.1 Å². The van der Waals surface area contributed by atoms with Crippen LogP contribution in [0.2, 0.25) is 0 Å². The van der Waals surface area contributed by atoms with E-state index in [4.69, 9.17) is 4.74 Å². The number of rotatable bonds is 6. The Hall–Kier alpha value is -3.98. The molecule has 5 atom stereocenters. The molecule has 0 spiro atoms. The standard InChI is InChI=1S/C23H24N6O8/c1-9(2)14(29-20(35)10-5-3-4-6-11(10)21(29)36)19(34)27-23-25-17-13(18(33)26-23)24-8-28(17)22-16(32)15(31)12(7-30)37-22/h3-6,8-9,12,14-16,22,30-32H,7H2,1-2H3,(H2,25,26,27,33,34)/t12-,14-,15-,16+,22-/m1/s1. The molecular formula is C23H24N6O8. The van der Waals surface area contributed by atoms with Gasteiger partial charge in [-0.3, -0.25) is 38.9 Å². The minimum Gasteiger partial charge on any atom is -0.394 e. The number of fused-ring (bicyclic) bond motifs is 2. The molecule has 1 fully saturated rings. The number of imidazole rings is 1. The molecule has 14 heteroatoms. The minimum atomic E-state index is -1.45. The Kier molecular flexibility index (Phi) is 6.11. The summed E-state index contributed by atoms with van der Waals surface area (Å²) in [6.07, 6.45) is -3.94. The zero-order chi connectivity index (χ0) is 26.6. The van der Waals surface area contributed by atoms with Crippen molar-refractivity contribution in [3.8, 4) is 0 Å².